The van der Waals surface area contributed by atoms with Crippen molar-refractivity contribution in [3.05, 3.63) is 30.2 Å². The Morgan fingerprint density at radius 3 is 2.95 bits per heavy atom. The highest BCUT2D eigenvalue weighted by Crippen LogP contribution is 2.23. The lowest BCUT2D eigenvalue weighted by Crippen LogP contribution is -2.21. The molecule has 1 atom stereocenters. The molecule has 2 N–H and O–H groups in total. The summed E-state index contributed by atoms with van der Waals surface area (Å²) in [6.07, 6.45) is 4.30. The molecule has 5 nitrogen and oxygen atoms in total. The van der Waals surface area contributed by atoms with E-state index in [1.54, 1.807) is 0 Å². The molecule has 5 heteroatoms. The number of nitrogen functional groups attached to an aromatic ring is 1. The van der Waals surface area contributed by atoms with Gasteiger partial charge in [-0.05, 0) is 31.4 Å². The molecule has 0 amide bonds. The lowest BCUT2D eigenvalue weighted by molar-refractivity contribution is 0.0124. The zero-order chi connectivity index (χ0) is 13.1. The second-order valence-electron chi connectivity index (χ2n) is 4.79. The van der Waals surface area contributed by atoms with Crippen molar-refractivity contribution < 1.29 is 9.26 Å². The van der Waals surface area contributed by atoms with Gasteiger partial charge in [0, 0.05) is 17.9 Å². The second-order valence-corrected chi connectivity index (χ2v) is 4.79. The average molecular weight is 259 g/mol. The number of nitrogens with zero attached hydrogens (tertiary/aromatic N) is 2. The summed E-state index contributed by atoms with van der Waals surface area (Å²) < 4.78 is 10.9. The summed E-state index contributed by atoms with van der Waals surface area (Å²) in [6, 6.07) is 7.51. The van der Waals surface area contributed by atoms with Crippen LogP contribution in [0.3, 0.4) is 0 Å². The molecule has 1 fully saturated rings. The van der Waals surface area contributed by atoms with Crippen LogP contribution in [0.4, 0.5) is 5.69 Å². The van der Waals surface area contributed by atoms with E-state index >= 15 is 0 Å². The molecule has 2 aromatic rings. The standard InChI is InChI=1S/C14H17N3O2/c15-12-7-2-1-6-11(12)14-16-13(19-17-14)9-10-5-3-4-8-18-10/h1-2,6-7,10H,3-5,8-9,15H2. The molecule has 100 valence electrons. The van der Waals surface area contributed by atoms with E-state index < -0.39 is 0 Å². The Bertz CT molecular complexity index is 547. The molecule has 1 aliphatic rings. The predicted octanol–water partition coefficient (Wildman–Crippen LogP) is 2.43. The number of hydrogen-bond donors (Lipinski definition) is 1. The van der Waals surface area contributed by atoms with Gasteiger partial charge in [0.05, 0.1) is 12.5 Å². The van der Waals surface area contributed by atoms with Gasteiger partial charge in [-0.2, -0.15) is 4.98 Å². The van der Waals surface area contributed by atoms with Gasteiger partial charge in [-0.3, -0.25) is 0 Å². The molecule has 19 heavy (non-hydrogen) atoms. The van der Waals surface area contributed by atoms with Crippen molar-refractivity contribution >= 4 is 5.69 Å². The van der Waals surface area contributed by atoms with E-state index in [0.717, 1.165) is 25.0 Å². The quantitative estimate of drug-likeness (QED) is 0.857. The van der Waals surface area contributed by atoms with Crippen molar-refractivity contribution in [2.75, 3.05) is 12.3 Å². The number of aromatic nitrogens is 2. The molecule has 0 spiro atoms. The van der Waals surface area contributed by atoms with Gasteiger partial charge in [0.15, 0.2) is 0 Å². The van der Waals surface area contributed by atoms with Crippen LogP contribution in [0.15, 0.2) is 28.8 Å². The van der Waals surface area contributed by atoms with Crippen LogP contribution in [0.2, 0.25) is 0 Å². The first kappa shape index (κ1) is 12.2. The van der Waals surface area contributed by atoms with Crippen molar-refractivity contribution in [3.63, 3.8) is 0 Å². The van der Waals surface area contributed by atoms with Gasteiger partial charge in [0.2, 0.25) is 11.7 Å². The molecule has 0 bridgehead atoms. The van der Waals surface area contributed by atoms with Crippen LogP contribution in [0.25, 0.3) is 11.4 Å². The normalized spacial score (nSPS) is 19.5. The van der Waals surface area contributed by atoms with Crippen molar-refractivity contribution in [1.82, 2.24) is 10.1 Å². The highest BCUT2D eigenvalue weighted by atomic mass is 16.5. The third-order valence-electron chi connectivity index (χ3n) is 3.35. The number of para-hydroxylation sites is 1. The number of rotatable bonds is 3. The topological polar surface area (TPSA) is 74.2 Å². The maximum Gasteiger partial charge on any atom is 0.229 e. The first-order valence-corrected chi connectivity index (χ1v) is 6.62. The second kappa shape index (κ2) is 5.40. The van der Waals surface area contributed by atoms with Gasteiger partial charge in [0.1, 0.15) is 0 Å². The Balaban J connectivity index is 1.74. The Labute approximate surface area is 111 Å². The molecule has 1 saturated heterocycles. The minimum atomic E-state index is 0.204. The monoisotopic (exact) mass is 259 g/mol. The maximum atomic E-state index is 5.90. The lowest BCUT2D eigenvalue weighted by Gasteiger charge is -2.20. The summed E-state index contributed by atoms with van der Waals surface area (Å²) in [5.74, 6) is 1.16. The van der Waals surface area contributed by atoms with Crippen LogP contribution in [-0.2, 0) is 11.2 Å². The van der Waals surface area contributed by atoms with Crippen LogP contribution >= 0.6 is 0 Å². The average Bonchev–Trinajstić information content (AvgIpc) is 2.89. The largest absolute Gasteiger partial charge is 0.398 e. The maximum absolute atomic E-state index is 5.90. The fourth-order valence-electron chi connectivity index (χ4n) is 2.31. The van der Waals surface area contributed by atoms with E-state index in [4.69, 9.17) is 15.0 Å². The number of nitrogens with two attached hydrogens (primary N) is 1. The fraction of sp³-hybridized carbons (Fsp3) is 0.429. The van der Waals surface area contributed by atoms with E-state index in [-0.39, 0.29) is 6.10 Å². The lowest BCUT2D eigenvalue weighted by atomic mass is 10.1. The van der Waals surface area contributed by atoms with Gasteiger partial charge >= 0.3 is 0 Å². The van der Waals surface area contributed by atoms with Crippen LogP contribution < -0.4 is 5.73 Å². The highest BCUT2D eigenvalue weighted by molar-refractivity contribution is 5.70. The summed E-state index contributed by atoms with van der Waals surface area (Å²) in [5.41, 5.74) is 7.36. The van der Waals surface area contributed by atoms with Crippen molar-refractivity contribution in [1.29, 1.82) is 0 Å². The predicted molar refractivity (Wildman–Crippen MR) is 71.4 cm³/mol. The zero-order valence-electron chi connectivity index (χ0n) is 10.7. The molecule has 0 aliphatic carbocycles. The minimum absolute atomic E-state index is 0.204. The van der Waals surface area contributed by atoms with Crippen LogP contribution in [0.5, 0.6) is 0 Å². The van der Waals surface area contributed by atoms with E-state index in [0.29, 0.717) is 23.8 Å². The first-order valence-electron chi connectivity index (χ1n) is 6.62. The van der Waals surface area contributed by atoms with Crippen LogP contribution in [-0.4, -0.2) is 22.9 Å². The van der Waals surface area contributed by atoms with Crippen LogP contribution in [0, 0.1) is 0 Å². The number of ether oxygens (including phenoxy) is 1. The summed E-state index contributed by atoms with van der Waals surface area (Å²) in [7, 11) is 0. The third kappa shape index (κ3) is 2.76. The van der Waals surface area contributed by atoms with Crippen molar-refractivity contribution in [2.45, 2.75) is 31.8 Å². The molecular weight excluding hydrogens is 242 g/mol. The Kier molecular flexibility index (Phi) is 3.46. The molecule has 1 unspecified atom stereocenters. The summed E-state index contributed by atoms with van der Waals surface area (Å²) in [4.78, 5) is 4.40. The highest BCUT2D eigenvalue weighted by Gasteiger charge is 2.18. The molecule has 1 aromatic heterocycles. The van der Waals surface area contributed by atoms with Crippen molar-refractivity contribution in [3.8, 4) is 11.4 Å². The fourth-order valence-corrected chi connectivity index (χ4v) is 2.31. The Morgan fingerprint density at radius 2 is 2.16 bits per heavy atom. The van der Waals surface area contributed by atoms with Gasteiger partial charge < -0.3 is 15.0 Å². The molecule has 2 heterocycles. The Morgan fingerprint density at radius 1 is 1.26 bits per heavy atom. The van der Waals surface area contributed by atoms with Gasteiger partial charge in [-0.25, -0.2) is 0 Å². The Hall–Kier alpha value is -1.88. The smallest absolute Gasteiger partial charge is 0.229 e. The summed E-state index contributed by atoms with van der Waals surface area (Å²) in [6.45, 7) is 0.831. The minimum Gasteiger partial charge on any atom is -0.398 e. The van der Waals surface area contributed by atoms with E-state index in [9.17, 15) is 0 Å². The van der Waals surface area contributed by atoms with Gasteiger partial charge in [-0.15, -0.1) is 0 Å². The molecule has 1 aromatic carbocycles. The number of benzene rings is 1. The summed E-state index contributed by atoms with van der Waals surface area (Å²) >= 11 is 0. The molecule has 3 rings (SSSR count). The number of hydrogen-bond acceptors (Lipinski definition) is 5. The molecular formula is C14H17N3O2. The first-order chi connectivity index (χ1) is 9.33. The zero-order valence-corrected chi connectivity index (χ0v) is 10.7. The molecule has 1 aliphatic heterocycles. The van der Waals surface area contributed by atoms with Crippen molar-refractivity contribution in [2.24, 2.45) is 0 Å². The third-order valence-corrected chi connectivity index (χ3v) is 3.35. The van der Waals surface area contributed by atoms with Gasteiger partial charge in [0.25, 0.3) is 0 Å². The number of anilines is 1. The molecule has 0 saturated carbocycles. The van der Waals surface area contributed by atoms with Crippen LogP contribution in [0.1, 0.15) is 25.2 Å². The SMILES string of the molecule is Nc1ccccc1-c1noc(CC2CCCCO2)n1. The van der Waals surface area contributed by atoms with E-state index in [2.05, 4.69) is 10.1 Å². The molecule has 0 radical (unpaired) electrons. The van der Waals surface area contributed by atoms with E-state index in [1.807, 2.05) is 24.3 Å². The van der Waals surface area contributed by atoms with E-state index in [1.165, 1.54) is 6.42 Å². The summed E-state index contributed by atoms with van der Waals surface area (Å²) in [5, 5.41) is 3.99. The van der Waals surface area contributed by atoms with Gasteiger partial charge in [-0.1, -0.05) is 17.3 Å².